The molecular formula is C10H12ClN5. The Hall–Kier alpha value is -1.62. The van der Waals surface area contributed by atoms with E-state index in [2.05, 4.69) is 15.1 Å². The van der Waals surface area contributed by atoms with Gasteiger partial charge in [-0.05, 0) is 26.3 Å². The number of aromatic nitrogens is 4. The lowest BCUT2D eigenvalue weighted by Gasteiger charge is -2.05. The topological polar surface area (TPSA) is 69.6 Å². The average molecular weight is 238 g/mol. The Morgan fingerprint density at radius 1 is 1.31 bits per heavy atom. The van der Waals surface area contributed by atoms with Crippen molar-refractivity contribution in [2.75, 3.05) is 5.73 Å². The molecule has 2 aromatic rings. The van der Waals surface area contributed by atoms with E-state index in [-0.39, 0.29) is 5.95 Å². The van der Waals surface area contributed by atoms with Crippen molar-refractivity contribution < 1.29 is 0 Å². The highest BCUT2D eigenvalue weighted by atomic mass is 35.5. The Balaban J connectivity index is 2.67. The van der Waals surface area contributed by atoms with E-state index in [4.69, 9.17) is 17.3 Å². The van der Waals surface area contributed by atoms with Gasteiger partial charge in [0.15, 0.2) is 5.82 Å². The van der Waals surface area contributed by atoms with Gasteiger partial charge in [0, 0.05) is 5.69 Å². The van der Waals surface area contributed by atoms with Crippen LogP contribution in [0.5, 0.6) is 0 Å². The van der Waals surface area contributed by atoms with E-state index in [0.717, 1.165) is 17.0 Å². The highest BCUT2D eigenvalue weighted by Crippen LogP contribution is 2.21. The molecule has 0 saturated heterocycles. The van der Waals surface area contributed by atoms with Crippen LogP contribution < -0.4 is 5.73 Å². The summed E-state index contributed by atoms with van der Waals surface area (Å²) in [5.74, 6) is 0.701. The number of nitrogens with zero attached hydrogens (tertiary/aromatic N) is 4. The molecule has 0 radical (unpaired) electrons. The van der Waals surface area contributed by atoms with Crippen LogP contribution in [0.25, 0.3) is 5.82 Å². The molecule has 2 aromatic heterocycles. The number of nitrogens with two attached hydrogens (primary N) is 1. The van der Waals surface area contributed by atoms with Crippen LogP contribution in [0.1, 0.15) is 17.0 Å². The van der Waals surface area contributed by atoms with E-state index in [1.54, 1.807) is 4.68 Å². The fourth-order valence-corrected chi connectivity index (χ4v) is 1.62. The molecule has 0 bridgehead atoms. The number of nitrogen functional groups attached to an aromatic ring is 1. The average Bonchev–Trinajstić information content (AvgIpc) is 2.50. The summed E-state index contributed by atoms with van der Waals surface area (Å²) in [6.07, 6.45) is 1.48. The summed E-state index contributed by atoms with van der Waals surface area (Å²) in [6, 6.07) is 0. The minimum absolute atomic E-state index is 0.185. The van der Waals surface area contributed by atoms with Crippen molar-refractivity contribution in [3.63, 3.8) is 0 Å². The third-order valence-corrected chi connectivity index (χ3v) is 2.86. The molecule has 0 atom stereocenters. The molecule has 0 saturated carbocycles. The summed E-state index contributed by atoms with van der Waals surface area (Å²) in [7, 11) is 0. The molecule has 0 fully saturated rings. The Kier molecular flexibility index (Phi) is 2.55. The second-order valence-electron chi connectivity index (χ2n) is 3.61. The van der Waals surface area contributed by atoms with Crippen molar-refractivity contribution in [1.29, 1.82) is 0 Å². The van der Waals surface area contributed by atoms with Crippen LogP contribution in [0.2, 0.25) is 5.02 Å². The van der Waals surface area contributed by atoms with Gasteiger partial charge in [-0.2, -0.15) is 10.1 Å². The second-order valence-corrected chi connectivity index (χ2v) is 4.01. The summed E-state index contributed by atoms with van der Waals surface area (Å²) in [5.41, 5.74) is 8.60. The first kappa shape index (κ1) is 10.9. The quantitative estimate of drug-likeness (QED) is 0.822. The zero-order valence-electron chi connectivity index (χ0n) is 9.32. The predicted octanol–water partition coefficient (Wildman–Crippen LogP) is 1.82. The molecule has 0 aliphatic carbocycles. The van der Waals surface area contributed by atoms with Crippen molar-refractivity contribution >= 4 is 17.5 Å². The first-order valence-corrected chi connectivity index (χ1v) is 5.19. The molecule has 0 aliphatic heterocycles. The second kappa shape index (κ2) is 3.75. The van der Waals surface area contributed by atoms with Crippen molar-refractivity contribution in [2.24, 2.45) is 0 Å². The van der Waals surface area contributed by atoms with Crippen molar-refractivity contribution in [1.82, 2.24) is 19.7 Å². The zero-order chi connectivity index (χ0) is 11.9. The van der Waals surface area contributed by atoms with Crippen LogP contribution in [-0.2, 0) is 0 Å². The first-order valence-electron chi connectivity index (χ1n) is 4.82. The molecule has 0 amide bonds. The van der Waals surface area contributed by atoms with Gasteiger partial charge in [-0.25, -0.2) is 9.67 Å². The minimum Gasteiger partial charge on any atom is -0.368 e. The van der Waals surface area contributed by atoms with E-state index in [0.29, 0.717) is 10.8 Å². The summed E-state index contributed by atoms with van der Waals surface area (Å²) >= 11 is 6.02. The molecule has 16 heavy (non-hydrogen) atoms. The summed E-state index contributed by atoms with van der Waals surface area (Å²) < 4.78 is 1.69. The molecule has 2 heterocycles. The predicted molar refractivity (Wildman–Crippen MR) is 62.8 cm³/mol. The number of anilines is 1. The lowest BCUT2D eigenvalue weighted by Crippen LogP contribution is -2.06. The van der Waals surface area contributed by atoms with E-state index in [1.165, 1.54) is 6.20 Å². The first-order chi connectivity index (χ1) is 7.50. The lowest BCUT2D eigenvalue weighted by molar-refractivity contribution is 0.803. The highest BCUT2D eigenvalue weighted by Gasteiger charge is 2.13. The number of hydrogen-bond donors (Lipinski definition) is 1. The normalized spacial score (nSPS) is 10.8. The van der Waals surface area contributed by atoms with Crippen molar-refractivity contribution in [3.05, 3.63) is 28.2 Å². The zero-order valence-corrected chi connectivity index (χ0v) is 10.1. The van der Waals surface area contributed by atoms with Gasteiger partial charge in [-0.15, -0.1) is 0 Å². The third kappa shape index (κ3) is 1.63. The van der Waals surface area contributed by atoms with Crippen molar-refractivity contribution in [2.45, 2.75) is 20.8 Å². The molecule has 0 aromatic carbocycles. The van der Waals surface area contributed by atoms with Crippen LogP contribution in [0, 0.1) is 20.8 Å². The van der Waals surface area contributed by atoms with Crippen LogP contribution >= 0.6 is 11.6 Å². The molecule has 0 spiro atoms. The number of rotatable bonds is 1. The number of hydrogen-bond acceptors (Lipinski definition) is 4. The fraction of sp³-hybridized carbons (Fsp3) is 0.300. The Labute approximate surface area is 98.3 Å². The largest absolute Gasteiger partial charge is 0.368 e. The van der Waals surface area contributed by atoms with E-state index < -0.39 is 0 Å². The van der Waals surface area contributed by atoms with Crippen LogP contribution in [0.4, 0.5) is 5.95 Å². The SMILES string of the molecule is Cc1nn(-c2nc(N)ncc2Cl)c(C)c1C. The summed E-state index contributed by atoms with van der Waals surface area (Å²) in [6.45, 7) is 5.91. The van der Waals surface area contributed by atoms with Crippen LogP contribution in [0.15, 0.2) is 6.20 Å². The van der Waals surface area contributed by atoms with Gasteiger partial charge in [-0.1, -0.05) is 11.6 Å². The van der Waals surface area contributed by atoms with Crippen LogP contribution in [-0.4, -0.2) is 19.7 Å². The lowest BCUT2D eigenvalue weighted by atomic mass is 10.2. The number of halogens is 1. The minimum atomic E-state index is 0.185. The van der Waals surface area contributed by atoms with Crippen molar-refractivity contribution in [3.8, 4) is 5.82 Å². The van der Waals surface area contributed by atoms with E-state index in [1.807, 2.05) is 20.8 Å². The Morgan fingerprint density at radius 3 is 2.56 bits per heavy atom. The molecule has 5 nitrogen and oxygen atoms in total. The van der Waals surface area contributed by atoms with Gasteiger partial charge in [0.2, 0.25) is 5.95 Å². The molecule has 0 aliphatic rings. The maximum atomic E-state index is 6.02. The van der Waals surface area contributed by atoms with Gasteiger partial charge in [0.1, 0.15) is 5.02 Å². The molecule has 6 heteroatoms. The maximum absolute atomic E-state index is 6.02. The molecular weight excluding hydrogens is 226 g/mol. The van der Waals surface area contributed by atoms with Crippen LogP contribution in [0.3, 0.4) is 0 Å². The fourth-order valence-electron chi connectivity index (χ4n) is 1.45. The summed E-state index contributed by atoms with van der Waals surface area (Å²) in [4.78, 5) is 7.91. The molecule has 2 N–H and O–H groups in total. The third-order valence-electron chi connectivity index (χ3n) is 2.60. The standard InChI is InChI=1S/C10H12ClN5/c1-5-6(2)15-16(7(5)3)9-8(11)4-13-10(12)14-9/h4H,1-3H3,(H2,12,13,14). The van der Waals surface area contributed by atoms with E-state index in [9.17, 15) is 0 Å². The van der Waals surface area contributed by atoms with E-state index >= 15 is 0 Å². The van der Waals surface area contributed by atoms with Gasteiger partial charge < -0.3 is 5.73 Å². The maximum Gasteiger partial charge on any atom is 0.222 e. The highest BCUT2D eigenvalue weighted by molar-refractivity contribution is 6.32. The number of aryl methyl sites for hydroxylation is 1. The van der Waals surface area contributed by atoms with Gasteiger partial charge in [0.05, 0.1) is 11.9 Å². The monoisotopic (exact) mass is 237 g/mol. The van der Waals surface area contributed by atoms with Gasteiger partial charge in [0.25, 0.3) is 0 Å². The summed E-state index contributed by atoms with van der Waals surface area (Å²) in [5, 5.41) is 4.80. The molecule has 84 valence electrons. The van der Waals surface area contributed by atoms with Gasteiger partial charge in [-0.3, -0.25) is 0 Å². The smallest absolute Gasteiger partial charge is 0.222 e. The van der Waals surface area contributed by atoms with Gasteiger partial charge >= 0.3 is 0 Å². The molecule has 0 unspecified atom stereocenters. The molecule has 2 rings (SSSR count). The Morgan fingerprint density at radius 2 is 2.00 bits per heavy atom. The Bertz CT molecular complexity index is 546.